The molecule has 0 aromatic rings. The van der Waals surface area contributed by atoms with Gasteiger partial charge in [-0.1, -0.05) is 24.3 Å². The maximum Gasteiger partial charge on any atom is 0.0616 e. The Balaban J connectivity index is 0.000000386. The number of rotatable bonds is 2. The van der Waals surface area contributed by atoms with Crippen molar-refractivity contribution in [2.24, 2.45) is 0 Å². The predicted molar refractivity (Wildman–Crippen MR) is 74.8 cm³/mol. The molecule has 0 heterocycles. The molecule has 0 aromatic carbocycles. The zero-order valence-corrected chi connectivity index (χ0v) is 11.6. The van der Waals surface area contributed by atoms with Gasteiger partial charge in [0.05, 0.1) is 12.2 Å². The normalized spacial score (nSPS) is 28.4. The first-order chi connectivity index (χ1) is 7.86. The van der Waals surface area contributed by atoms with E-state index in [9.17, 15) is 0 Å². The van der Waals surface area contributed by atoms with E-state index in [0.717, 1.165) is 21.4 Å². The highest BCUT2D eigenvalue weighted by atomic mass is 31.1. The molecule has 0 amide bonds. The highest BCUT2D eigenvalue weighted by Gasteiger charge is 2.17. The first-order valence-corrected chi connectivity index (χ1v) is 8.40. The van der Waals surface area contributed by atoms with Gasteiger partial charge in [-0.3, -0.25) is 0 Å². The minimum atomic E-state index is 0.501. The van der Waals surface area contributed by atoms with Gasteiger partial charge in [0.15, 0.2) is 0 Å². The van der Waals surface area contributed by atoms with Gasteiger partial charge in [-0.05, 0) is 51.9 Å². The topological polar surface area (TPSA) is 9.23 Å². The fraction of sp³-hybridized carbons (Fsp3) is 0.714. The SMILES string of the molecule is C1=CCC(OC2CC=CCC2)CC1.CPC. The molecule has 0 bridgehead atoms. The average Bonchev–Trinajstić information content (AvgIpc) is 2.33. The van der Waals surface area contributed by atoms with E-state index in [-0.39, 0.29) is 0 Å². The van der Waals surface area contributed by atoms with Crippen molar-refractivity contribution in [2.75, 3.05) is 13.3 Å². The van der Waals surface area contributed by atoms with Crippen molar-refractivity contribution in [3.8, 4) is 0 Å². The van der Waals surface area contributed by atoms with Crippen molar-refractivity contribution < 1.29 is 4.74 Å². The highest BCUT2D eigenvalue weighted by molar-refractivity contribution is 7.35. The molecule has 2 aliphatic rings. The summed E-state index contributed by atoms with van der Waals surface area (Å²) in [5.41, 5.74) is 0. The number of ether oxygens (including phenoxy) is 1. The van der Waals surface area contributed by atoms with Gasteiger partial charge < -0.3 is 4.74 Å². The Morgan fingerprint density at radius 3 is 1.62 bits per heavy atom. The van der Waals surface area contributed by atoms with Crippen LogP contribution >= 0.6 is 8.58 Å². The Kier molecular flexibility index (Phi) is 7.80. The van der Waals surface area contributed by atoms with Crippen molar-refractivity contribution in [2.45, 2.75) is 50.7 Å². The van der Waals surface area contributed by atoms with Crippen LogP contribution < -0.4 is 0 Å². The summed E-state index contributed by atoms with van der Waals surface area (Å²) in [5, 5.41) is 0. The van der Waals surface area contributed by atoms with Gasteiger partial charge in [0.25, 0.3) is 0 Å². The predicted octanol–water partition coefficient (Wildman–Crippen LogP) is 4.14. The van der Waals surface area contributed by atoms with E-state index in [1.54, 1.807) is 0 Å². The van der Waals surface area contributed by atoms with E-state index in [1.807, 2.05) is 0 Å². The first-order valence-electron chi connectivity index (χ1n) is 6.40. The molecule has 2 atom stereocenters. The standard InChI is InChI=1S/C12H18O.C2H7P/c1-3-7-11(8-4-1)13-12-9-5-2-6-10-12;1-3-2/h1-3,5,11-12H,4,6-10H2;3H,1-2H3. The summed E-state index contributed by atoms with van der Waals surface area (Å²) in [6, 6.07) is 0. The minimum Gasteiger partial charge on any atom is -0.374 e. The van der Waals surface area contributed by atoms with Crippen LogP contribution in [-0.4, -0.2) is 25.5 Å². The van der Waals surface area contributed by atoms with Crippen LogP contribution in [0.1, 0.15) is 38.5 Å². The Morgan fingerprint density at radius 1 is 0.875 bits per heavy atom. The van der Waals surface area contributed by atoms with Crippen LogP contribution in [0.25, 0.3) is 0 Å². The van der Waals surface area contributed by atoms with Gasteiger partial charge in [-0.2, -0.15) is 0 Å². The van der Waals surface area contributed by atoms with Crippen LogP contribution in [0.5, 0.6) is 0 Å². The van der Waals surface area contributed by atoms with Gasteiger partial charge >= 0.3 is 0 Å². The smallest absolute Gasteiger partial charge is 0.0616 e. The summed E-state index contributed by atoms with van der Waals surface area (Å²) < 4.78 is 6.03. The number of hydrogen-bond acceptors (Lipinski definition) is 1. The molecule has 0 saturated carbocycles. The van der Waals surface area contributed by atoms with E-state index < -0.39 is 0 Å². The molecular formula is C14H25OP. The third-order valence-corrected chi connectivity index (χ3v) is 2.83. The average molecular weight is 240 g/mol. The lowest BCUT2D eigenvalue weighted by molar-refractivity contribution is -0.0195. The third kappa shape index (κ3) is 5.82. The summed E-state index contributed by atoms with van der Waals surface area (Å²) in [6.45, 7) is 4.31. The van der Waals surface area contributed by atoms with Crippen molar-refractivity contribution in [1.82, 2.24) is 0 Å². The molecule has 0 spiro atoms. The lowest BCUT2D eigenvalue weighted by atomic mass is 10.0. The largest absolute Gasteiger partial charge is 0.374 e. The van der Waals surface area contributed by atoms with Crippen molar-refractivity contribution in [3.05, 3.63) is 24.3 Å². The lowest BCUT2D eigenvalue weighted by Gasteiger charge is -2.26. The van der Waals surface area contributed by atoms with Gasteiger partial charge in [-0.15, -0.1) is 8.58 Å². The molecular weight excluding hydrogens is 215 g/mol. The van der Waals surface area contributed by atoms with E-state index >= 15 is 0 Å². The van der Waals surface area contributed by atoms with Crippen LogP contribution in [0, 0.1) is 0 Å². The fourth-order valence-electron chi connectivity index (χ4n) is 2.05. The van der Waals surface area contributed by atoms with Crippen LogP contribution in [0.15, 0.2) is 24.3 Å². The van der Waals surface area contributed by atoms with Crippen LogP contribution in [-0.2, 0) is 4.74 Å². The molecule has 16 heavy (non-hydrogen) atoms. The monoisotopic (exact) mass is 240 g/mol. The Hall–Kier alpha value is -0.130. The van der Waals surface area contributed by atoms with E-state index in [2.05, 4.69) is 37.6 Å². The van der Waals surface area contributed by atoms with Crippen LogP contribution in [0.2, 0.25) is 0 Å². The first kappa shape index (κ1) is 13.9. The second-order valence-corrected chi connectivity index (χ2v) is 5.45. The van der Waals surface area contributed by atoms with E-state index in [1.165, 1.54) is 25.7 Å². The molecule has 2 heteroatoms. The fourth-order valence-corrected chi connectivity index (χ4v) is 2.05. The molecule has 0 radical (unpaired) electrons. The van der Waals surface area contributed by atoms with Crippen molar-refractivity contribution >= 4 is 8.58 Å². The van der Waals surface area contributed by atoms with Gasteiger partial charge in [0, 0.05) is 0 Å². The van der Waals surface area contributed by atoms with Gasteiger partial charge in [0.1, 0.15) is 0 Å². The summed E-state index contributed by atoms with van der Waals surface area (Å²) in [7, 11) is 1.08. The zero-order chi connectivity index (χ0) is 11.6. The lowest BCUT2D eigenvalue weighted by Crippen LogP contribution is -2.23. The number of hydrogen-bond donors (Lipinski definition) is 0. The molecule has 2 rings (SSSR count). The maximum absolute atomic E-state index is 6.03. The quantitative estimate of drug-likeness (QED) is 0.520. The number of allylic oxidation sites excluding steroid dienone is 2. The molecule has 2 aliphatic carbocycles. The molecule has 0 aliphatic heterocycles. The Bertz CT molecular complexity index is 201. The molecule has 92 valence electrons. The zero-order valence-electron chi connectivity index (χ0n) is 10.6. The molecule has 0 N–H and O–H groups in total. The van der Waals surface area contributed by atoms with E-state index in [0.29, 0.717) is 12.2 Å². The van der Waals surface area contributed by atoms with E-state index in [4.69, 9.17) is 4.74 Å². The summed E-state index contributed by atoms with van der Waals surface area (Å²) in [4.78, 5) is 0. The highest BCUT2D eigenvalue weighted by Crippen LogP contribution is 2.21. The summed E-state index contributed by atoms with van der Waals surface area (Å²) in [5.74, 6) is 0. The summed E-state index contributed by atoms with van der Waals surface area (Å²) in [6.07, 6.45) is 17.1. The molecule has 0 aromatic heterocycles. The molecule has 1 nitrogen and oxygen atoms in total. The Morgan fingerprint density at radius 2 is 1.31 bits per heavy atom. The third-order valence-electron chi connectivity index (χ3n) is 2.83. The minimum absolute atomic E-state index is 0.501. The van der Waals surface area contributed by atoms with Gasteiger partial charge in [-0.25, -0.2) is 0 Å². The molecule has 2 unspecified atom stereocenters. The van der Waals surface area contributed by atoms with Crippen molar-refractivity contribution in [3.63, 3.8) is 0 Å². The second kappa shape index (κ2) is 8.96. The van der Waals surface area contributed by atoms with Crippen molar-refractivity contribution in [1.29, 1.82) is 0 Å². The maximum atomic E-state index is 6.03. The second-order valence-electron chi connectivity index (χ2n) is 4.45. The van der Waals surface area contributed by atoms with Crippen LogP contribution in [0.4, 0.5) is 0 Å². The van der Waals surface area contributed by atoms with Crippen LogP contribution in [0.3, 0.4) is 0 Å². The Labute approximate surface area is 102 Å². The molecule has 0 saturated heterocycles. The van der Waals surface area contributed by atoms with Gasteiger partial charge in [0.2, 0.25) is 0 Å². The molecule has 0 fully saturated rings. The summed E-state index contributed by atoms with van der Waals surface area (Å²) >= 11 is 0.